The van der Waals surface area contributed by atoms with Gasteiger partial charge in [-0.1, -0.05) is 109 Å². The number of rotatable bonds is 16. The van der Waals surface area contributed by atoms with E-state index in [1.165, 1.54) is 88.9 Å². The fourth-order valence-electron chi connectivity index (χ4n) is 12.6. The number of likely N-dealkylation sites (tertiary alicyclic amines) is 1. The molecule has 13 atom stereocenters. The number of amides is 11. The fourth-order valence-corrected chi connectivity index (χ4v) is 12.6. The molecule has 0 bridgehead atoms. The maximum atomic E-state index is 15.5. The Hall–Kier alpha value is -8.09. The molecule has 25 nitrogen and oxygen atoms in total. The first-order chi connectivity index (χ1) is 45.3. The second-order valence-electron chi connectivity index (χ2n) is 28.1. The lowest BCUT2D eigenvalue weighted by atomic mass is 9.91. The summed E-state index contributed by atoms with van der Waals surface area (Å²) < 4.78 is 0. The Morgan fingerprint density at radius 3 is 1.57 bits per heavy atom. The second kappa shape index (κ2) is 37.0. The van der Waals surface area contributed by atoms with Crippen LogP contribution >= 0.6 is 0 Å². The van der Waals surface area contributed by atoms with E-state index in [1.54, 1.807) is 100 Å². The largest absolute Gasteiger partial charge is 0.393 e. The van der Waals surface area contributed by atoms with Gasteiger partial charge in [-0.2, -0.15) is 0 Å². The van der Waals surface area contributed by atoms with Crippen LogP contribution in [0.4, 0.5) is 0 Å². The van der Waals surface area contributed by atoms with Gasteiger partial charge in [-0.05, 0) is 102 Å². The van der Waals surface area contributed by atoms with E-state index in [1.807, 2.05) is 13.8 Å². The molecule has 2 heterocycles. The van der Waals surface area contributed by atoms with Crippen LogP contribution in [0.3, 0.4) is 0 Å². The van der Waals surface area contributed by atoms with Gasteiger partial charge in [0.15, 0.2) is 11.6 Å². The second-order valence-corrected chi connectivity index (χ2v) is 28.1. The monoisotopic (exact) mass is 1350 g/mol. The molecule has 25 heteroatoms. The Labute approximate surface area is 574 Å². The molecule has 0 aromatic heterocycles. The molecular formula is C72H111N11O14. The summed E-state index contributed by atoms with van der Waals surface area (Å²) in [5, 5.41) is 19.4. The number of piperidine rings is 1. The molecule has 2 aromatic rings. The van der Waals surface area contributed by atoms with E-state index in [9.17, 15) is 53.1 Å². The van der Waals surface area contributed by atoms with Gasteiger partial charge in [0.2, 0.25) is 65.0 Å². The molecule has 2 aliphatic heterocycles. The first-order valence-corrected chi connectivity index (χ1v) is 34.2. The van der Waals surface area contributed by atoms with Gasteiger partial charge < -0.3 is 60.3 Å². The van der Waals surface area contributed by atoms with Crippen molar-refractivity contribution in [1.29, 1.82) is 0 Å². The van der Waals surface area contributed by atoms with Gasteiger partial charge in [-0.15, -0.1) is 0 Å². The number of benzene rings is 2. The van der Waals surface area contributed by atoms with E-state index < -0.39 is 168 Å². The number of likely N-dealkylation sites (N-methyl/N-ethyl adjacent to an activating group) is 7. The number of nitrogens with zero attached hydrogens (tertiary/aromatic N) is 8. The van der Waals surface area contributed by atoms with Crippen LogP contribution < -0.4 is 16.0 Å². The Kier molecular flexibility index (Phi) is 31.1. The lowest BCUT2D eigenvalue weighted by Crippen LogP contribution is -2.60. The fraction of sp³-hybridized carbons (Fsp3) is 0.653. The maximum Gasteiger partial charge on any atom is 0.246 e. The van der Waals surface area contributed by atoms with E-state index in [4.69, 9.17) is 0 Å². The third-order valence-electron chi connectivity index (χ3n) is 19.3. The van der Waals surface area contributed by atoms with Gasteiger partial charge in [0.1, 0.15) is 48.3 Å². The molecule has 2 fully saturated rings. The summed E-state index contributed by atoms with van der Waals surface area (Å²) in [6, 6.07) is 4.21. The van der Waals surface area contributed by atoms with Crippen LogP contribution in [-0.4, -0.2) is 250 Å². The molecule has 0 aliphatic carbocycles. The van der Waals surface area contributed by atoms with E-state index in [2.05, 4.69) is 16.0 Å². The predicted octanol–water partition coefficient (Wildman–Crippen LogP) is 3.51. The smallest absolute Gasteiger partial charge is 0.246 e. The first-order valence-electron chi connectivity index (χ1n) is 34.2. The summed E-state index contributed by atoms with van der Waals surface area (Å²) in [4.78, 5) is 201. The number of hydrogen-bond donors (Lipinski definition) is 4. The van der Waals surface area contributed by atoms with Gasteiger partial charge in [-0.25, -0.2) is 0 Å². The zero-order chi connectivity index (χ0) is 73.2. The number of carbonyl (C=O) groups is 13. The van der Waals surface area contributed by atoms with E-state index in [-0.39, 0.29) is 49.8 Å². The highest BCUT2D eigenvalue weighted by Crippen LogP contribution is 2.25. The number of Topliss-reactive ketones (excluding diaryl/α,β-unsaturated/α-hetero) is 2. The highest BCUT2D eigenvalue weighted by molar-refractivity contribution is 6.01. The molecule has 0 radical (unpaired) electrons. The average molecular weight is 1350 g/mol. The van der Waals surface area contributed by atoms with Crippen LogP contribution in [0.1, 0.15) is 146 Å². The zero-order valence-electron chi connectivity index (χ0n) is 60.8. The van der Waals surface area contributed by atoms with Crippen LogP contribution in [0.15, 0.2) is 60.7 Å². The topological polar surface area (TPSA) is 304 Å². The van der Waals surface area contributed by atoms with Crippen molar-refractivity contribution in [2.75, 3.05) is 62.4 Å². The molecule has 2 saturated heterocycles. The van der Waals surface area contributed by atoms with Crippen LogP contribution in [0.2, 0.25) is 0 Å². The molecule has 11 amide bonds. The predicted molar refractivity (Wildman–Crippen MR) is 367 cm³/mol. The Balaban J connectivity index is 1.92. The molecule has 4 rings (SSSR count). The van der Waals surface area contributed by atoms with Gasteiger partial charge in [0.25, 0.3) is 0 Å². The van der Waals surface area contributed by atoms with Crippen LogP contribution in [-0.2, 0) is 75.2 Å². The number of carbonyl (C=O) groups excluding carboxylic acids is 13. The normalized spacial score (nSPS) is 25.6. The molecule has 0 spiro atoms. The van der Waals surface area contributed by atoms with Crippen molar-refractivity contribution in [3.8, 4) is 0 Å². The number of ketones is 2. The molecule has 538 valence electrons. The minimum absolute atomic E-state index is 0.00409. The average Bonchev–Trinajstić information content (AvgIpc) is 0.843. The number of nitrogens with one attached hydrogen (secondary N) is 3. The molecule has 97 heavy (non-hydrogen) atoms. The molecule has 2 aliphatic rings. The lowest BCUT2D eigenvalue weighted by molar-refractivity contribution is -0.152. The van der Waals surface area contributed by atoms with Crippen molar-refractivity contribution in [3.63, 3.8) is 0 Å². The highest BCUT2D eigenvalue weighted by atomic mass is 16.3. The Morgan fingerprint density at radius 1 is 0.546 bits per heavy atom. The summed E-state index contributed by atoms with van der Waals surface area (Å²) in [6.07, 6.45) is -0.410. The molecule has 4 N–H and O–H groups in total. The lowest BCUT2D eigenvalue weighted by Gasteiger charge is -2.37. The quantitative estimate of drug-likeness (QED) is 0.187. The Bertz CT molecular complexity index is 3080. The van der Waals surface area contributed by atoms with Crippen molar-refractivity contribution < 1.29 is 67.4 Å². The molecule has 0 saturated carbocycles. The SMILES string of the molecule is CC(C)C[C@H]1C(=O)N[C@H](C(=O)N(C)[C@@H](Cc2ccccc2)C(=O)C[C@@H](C)C(=O)N2CCCCC2)CC(=O)N(C)[C@@H](C)C(=O)N[C@@H](Cc2ccccc2)C(=O)N(C)[C@@H](C(C)C)C(=O)N(C)[C@@H](C)C(=O)C[C@@H]([C@@H](C)O)C(=O)N(C)[C@@H](C)C(=O)N(C)[C@@H](CC(C)C)C(=O)N[C@@H](C)C(=O)N1C. The van der Waals surface area contributed by atoms with Crippen molar-refractivity contribution in [2.45, 2.75) is 214 Å². The van der Waals surface area contributed by atoms with Crippen LogP contribution in [0.25, 0.3) is 0 Å². The van der Waals surface area contributed by atoms with Gasteiger partial charge in [-0.3, -0.25) is 62.3 Å². The number of aliphatic hydroxyl groups is 1. The highest BCUT2D eigenvalue weighted by Gasteiger charge is 2.44. The zero-order valence-corrected chi connectivity index (χ0v) is 60.8. The number of hydrogen-bond acceptors (Lipinski definition) is 14. The van der Waals surface area contributed by atoms with E-state index >= 15 is 14.4 Å². The van der Waals surface area contributed by atoms with E-state index in [0.29, 0.717) is 24.2 Å². The summed E-state index contributed by atoms with van der Waals surface area (Å²) in [7, 11) is 9.50. The molecular weight excluding hydrogens is 1240 g/mol. The third-order valence-corrected chi connectivity index (χ3v) is 19.3. The van der Waals surface area contributed by atoms with Gasteiger partial charge in [0.05, 0.1) is 30.5 Å². The van der Waals surface area contributed by atoms with Gasteiger partial charge in [0, 0.05) is 87.6 Å². The third kappa shape index (κ3) is 22.0. The van der Waals surface area contributed by atoms with Crippen LogP contribution in [0.5, 0.6) is 0 Å². The van der Waals surface area contributed by atoms with Crippen molar-refractivity contribution >= 4 is 76.5 Å². The molecule has 0 unspecified atom stereocenters. The van der Waals surface area contributed by atoms with Crippen molar-refractivity contribution in [2.24, 2.45) is 29.6 Å². The van der Waals surface area contributed by atoms with Crippen LogP contribution in [0, 0.1) is 29.6 Å². The standard InChI is InChI=1S/C72H111N11O14/c1-42(2)35-57-64(89)73-46(8)67(92)80(17)58(36-43(3)4)65(90)75-55(70(95)79(16)56(39-52-31-25-21-26-32-52)60(86)37-45(7)66(91)83-33-27-22-28-34-83)41-61(87)76(13)48(10)63(88)74-54(38-51-29-23-20-24-30-51)71(96)82(19)62(44(5)6)72(97)77(14)47(9)59(85)40-53(50(12)84)69(94)78(15)49(11)68(93)81(57)18/h20-21,23-26,29-32,42-50,53-58,62,84H,22,27-28,33-41H2,1-19H3,(H,73,89)(H,74,88)(H,75,90)/t45-,46+,47+,48+,49+,50-,53+,54+,55+,56+,57+,58+,62+/m1/s1. The summed E-state index contributed by atoms with van der Waals surface area (Å²) in [5.41, 5.74) is 1.28. The molecule has 2 aromatic carbocycles. The maximum absolute atomic E-state index is 15.5. The Morgan fingerprint density at radius 2 is 1.05 bits per heavy atom. The number of aliphatic hydroxyl groups excluding tert-OH is 1. The minimum Gasteiger partial charge on any atom is -0.393 e. The first kappa shape index (κ1) is 81.3. The van der Waals surface area contributed by atoms with Crippen molar-refractivity contribution in [3.05, 3.63) is 71.8 Å². The summed E-state index contributed by atoms with van der Waals surface area (Å²) in [5.74, 6) is -12.3. The minimum atomic E-state index is -1.77. The summed E-state index contributed by atoms with van der Waals surface area (Å²) >= 11 is 0. The van der Waals surface area contributed by atoms with E-state index in [0.717, 1.165) is 48.7 Å². The summed E-state index contributed by atoms with van der Waals surface area (Å²) in [6.45, 7) is 20.4. The van der Waals surface area contributed by atoms with Gasteiger partial charge >= 0.3 is 0 Å². The van der Waals surface area contributed by atoms with Crippen molar-refractivity contribution in [1.82, 2.24) is 55.1 Å².